The SMILES string of the molecule is COC(=O)c1ccc(COc2ccc(/C=N/NC(=O)c3ccc4c(c3)OCO4)cc2)cc1. The maximum atomic E-state index is 12.2. The summed E-state index contributed by atoms with van der Waals surface area (Å²) in [5.41, 5.74) is 5.13. The van der Waals surface area contributed by atoms with Crippen molar-refractivity contribution in [2.75, 3.05) is 13.9 Å². The molecule has 0 saturated carbocycles. The van der Waals surface area contributed by atoms with Gasteiger partial charge in [-0.25, -0.2) is 10.2 Å². The van der Waals surface area contributed by atoms with Crippen LogP contribution in [0.4, 0.5) is 0 Å². The number of nitrogens with one attached hydrogen (secondary N) is 1. The predicted molar refractivity (Wildman–Crippen MR) is 116 cm³/mol. The topological polar surface area (TPSA) is 95.5 Å². The molecule has 0 bridgehead atoms. The summed E-state index contributed by atoms with van der Waals surface area (Å²) in [5, 5.41) is 3.99. The Morgan fingerprint density at radius 2 is 1.69 bits per heavy atom. The number of esters is 1. The van der Waals surface area contributed by atoms with E-state index >= 15 is 0 Å². The number of ether oxygens (including phenoxy) is 4. The van der Waals surface area contributed by atoms with Crippen LogP contribution in [0.2, 0.25) is 0 Å². The molecule has 1 N–H and O–H groups in total. The first-order valence-electron chi connectivity index (χ1n) is 9.75. The van der Waals surface area contributed by atoms with Crippen LogP contribution >= 0.6 is 0 Å². The van der Waals surface area contributed by atoms with Crippen LogP contribution in [0.1, 0.15) is 31.8 Å². The van der Waals surface area contributed by atoms with E-state index in [0.717, 1.165) is 11.1 Å². The fourth-order valence-electron chi connectivity index (χ4n) is 2.94. The molecule has 3 aromatic rings. The minimum atomic E-state index is -0.373. The van der Waals surface area contributed by atoms with Gasteiger partial charge in [0, 0.05) is 5.56 Å². The van der Waals surface area contributed by atoms with Crippen molar-refractivity contribution in [1.82, 2.24) is 5.43 Å². The second-order valence-electron chi connectivity index (χ2n) is 6.81. The van der Waals surface area contributed by atoms with E-state index in [0.29, 0.717) is 35.0 Å². The van der Waals surface area contributed by atoms with Gasteiger partial charge in [-0.05, 0) is 65.7 Å². The van der Waals surface area contributed by atoms with Crippen molar-refractivity contribution < 1.29 is 28.5 Å². The van der Waals surface area contributed by atoms with E-state index in [-0.39, 0.29) is 18.7 Å². The molecule has 0 atom stereocenters. The third-order valence-electron chi connectivity index (χ3n) is 4.68. The lowest BCUT2D eigenvalue weighted by atomic mass is 10.1. The molecule has 0 saturated heterocycles. The minimum Gasteiger partial charge on any atom is -0.489 e. The lowest BCUT2D eigenvalue weighted by molar-refractivity contribution is 0.0600. The van der Waals surface area contributed by atoms with E-state index in [4.69, 9.17) is 14.2 Å². The number of rotatable bonds is 7. The number of amides is 1. The molecule has 3 aromatic carbocycles. The van der Waals surface area contributed by atoms with Crippen molar-refractivity contribution in [2.24, 2.45) is 5.10 Å². The highest BCUT2D eigenvalue weighted by atomic mass is 16.7. The average Bonchev–Trinajstić information content (AvgIpc) is 3.31. The highest BCUT2D eigenvalue weighted by Crippen LogP contribution is 2.32. The van der Waals surface area contributed by atoms with Crippen molar-refractivity contribution >= 4 is 18.1 Å². The molecule has 1 heterocycles. The van der Waals surface area contributed by atoms with Crippen LogP contribution in [-0.4, -0.2) is 32.0 Å². The number of methoxy groups -OCH3 is 1. The van der Waals surface area contributed by atoms with Crippen molar-refractivity contribution in [2.45, 2.75) is 6.61 Å². The van der Waals surface area contributed by atoms with Gasteiger partial charge >= 0.3 is 5.97 Å². The fourth-order valence-corrected chi connectivity index (χ4v) is 2.94. The molecule has 0 aliphatic carbocycles. The summed E-state index contributed by atoms with van der Waals surface area (Å²) in [4.78, 5) is 23.7. The lowest BCUT2D eigenvalue weighted by Crippen LogP contribution is -2.17. The summed E-state index contributed by atoms with van der Waals surface area (Å²) < 4.78 is 20.9. The minimum absolute atomic E-state index is 0.153. The molecule has 0 aromatic heterocycles. The molecule has 0 fully saturated rings. The van der Waals surface area contributed by atoms with Crippen molar-refractivity contribution in [3.63, 3.8) is 0 Å². The molecule has 0 unspecified atom stereocenters. The van der Waals surface area contributed by atoms with Crippen molar-refractivity contribution in [1.29, 1.82) is 0 Å². The zero-order valence-electron chi connectivity index (χ0n) is 17.2. The zero-order valence-corrected chi connectivity index (χ0v) is 17.2. The van der Waals surface area contributed by atoms with Crippen molar-refractivity contribution in [3.8, 4) is 17.2 Å². The molecular weight excluding hydrogens is 412 g/mol. The standard InChI is InChI=1S/C24H20N2O6/c1-29-24(28)18-6-2-17(3-7-18)14-30-20-9-4-16(5-10-20)13-25-26-23(27)19-8-11-21-22(12-19)32-15-31-21/h2-13H,14-15H2,1H3,(H,26,27)/b25-13+. The van der Waals surface area contributed by atoms with Gasteiger partial charge < -0.3 is 18.9 Å². The quantitative estimate of drug-likeness (QED) is 0.349. The highest BCUT2D eigenvalue weighted by molar-refractivity contribution is 5.95. The predicted octanol–water partition coefficient (Wildman–Crippen LogP) is 3.54. The Morgan fingerprint density at radius 1 is 0.969 bits per heavy atom. The summed E-state index contributed by atoms with van der Waals surface area (Å²) in [6.07, 6.45) is 1.54. The number of fused-ring (bicyclic) bond motifs is 1. The largest absolute Gasteiger partial charge is 0.489 e. The number of benzene rings is 3. The number of hydrazone groups is 1. The van der Waals surface area contributed by atoms with Gasteiger partial charge in [-0.2, -0.15) is 5.10 Å². The summed E-state index contributed by atoms with van der Waals surface area (Å²) in [6.45, 7) is 0.514. The number of carbonyl (C=O) groups excluding carboxylic acids is 2. The molecule has 32 heavy (non-hydrogen) atoms. The lowest BCUT2D eigenvalue weighted by Gasteiger charge is -2.07. The third kappa shape index (κ3) is 5.04. The van der Waals surface area contributed by atoms with Crippen LogP contribution in [-0.2, 0) is 11.3 Å². The molecule has 8 heteroatoms. The Morgan fingerprint density at radius 3 is 2.44 bits per heavy atom. The Labute approximate surface area is 184 Å². The number of nitrogens with zero attached hydrogens (tertiary/aromatic N) is 1. The van der Waals surface area contributed by atoms with Gasteiger partial charge in [0.15, 0.2) is 11.5 Å². The van der Waals surface area contributed by atoms with Crippen LogP contribution in [0.3, 0.4) is 0 Å². The van der Waals surface area contributed by atoms with E-state index in [1.54, 1.807) is 36.5 Å². The number of carbonyl (C=O) groups is 2. The summed E-state index contributed by atoms with van der Waals surface area (Å²) in [5.74, 6) is 1.12. The third-order valence-corrected chi connectivity index (χ3v) is 4.68. The van der Waals surface area contributed by atoms with Gasteiger partial charge in [-0.1, -0.05) is 12.1 Å². The maximum absolute atomic E-state index is 12.2. The van der Waals surface area contributed by atoms with Gasteiger partial charge in [-0.3, -0.25) is 4.79 Å². The van der Waals surface area contributed by atoms with Gasteiger partial charge in [0.1, 0.15) is 12.4 Å². The van der Waals surface area contributed by atoms with E-state index < -0.39 is 0 Å². The Kier molecular flexibility index (Phi) is 6.31. The van der Waals surface area contributed by atoms with E-state index in [2.05, 4.69) is 15.3 Å². The first kappa shape index (κ1) is 20.9. The second kappa shape index (κ2) is 9.65. The average molecular weight is 432 g/mol. The van der Waals surface area contributed by atoms with Gasteiger partial charge in [0.05, 0.1) is 18.9 Å². The van der Waals surface area contributed by atoms with Crippen LogP contribution in [0.15, 0.2) is 71.8 Å². The highest BCUT2D eigenvalue weighted by Gasteiger charge is 2.15. The molecule has 1 aliphatic rings. The van der Waals surface area contributed by atoms with Crippen molar-refractivity contribution in [3.05, 3.63) is 89.0 Å². The molecule has 0 radical (unpaired) electrons. The second-order valence-corrected chi connectivity index (χ2v) is 6.81. The first-order chi connectivity index (χ1) is 15.6. The van der Waals surface area contributed by atoms with Gasteiger partial charge in [-0.15, -0.1) is 0 Å². The maximum Gasteiger partial charge on any atom is 0.337 e. The van der Waals surface area contributed by atoms with E-state index in [1.165, 1.54) is 7.11 Å². The molecule has 1 aliphatic heterocycles. The van der Waals surface area contributed by atoms with Crippen LogP contribution < -0.4 is 19.6 Å². The van der Waals surface area contributed by atoms with E-state index in [9.17, 15) is 9.59 Å². The van der Waals surface area contributed by atoms with E-state index in [1.807, 2.05) is 36.4 Å². The first-order valence-corrected chi connectivity index (χ1v) is 9.75. The summed E-state index contributed by atoms with van der Waals surface area (Å²) in [7, 11) is 1.35. The van der Waals surface area contributed by atoms with Crippen LogP contribution in [0, 0.1) is 0 Å². The number of hydrogen-bond donors (Lipinski definition) is 1. The smallest absolute Gasteiger partial charge is 0.337 e. The molecular formula is C24H20N2O6. The molecule has 4 rings (SSSR count). The molecule has 8 nitrogen and oxygen atoms in total. The molecule has 162 valence electrons. The molecule has 1 amide bonds. The Balaban J connectivity index is 1.27. The molecule has 0 spiro atoms. The monoisotopic (exact) mass is 432 g/mol. The van der Waals surface area contributed by atoms with Gasteiger partial charge in [0.2, 0.25) is 6.79 Å². The Hall–Kier alpha value is -4.33. The van der Waals surface area contributed by atoms with Crippen LogP contribution in [0.5, 0.6) is 17.2 Å². The Bertz CT molecular complexity index is 1140. The zero-order chi connectivity index (χ0) is 22.3. The summed E-state index contributed by atoms with van der Waals surface area (Å²) in [6, 6.07) is 19.2. The summed E-state index contributed by atoms with van der Waals surface area (Å²) >= 11 is 0. The fraction of sp³-hybridized carbons (Fsp3) is 0.125. The number of hydrogen-bond acceptors (Lipinski definition) is 7. The normalized spacial score (nSPS) is 11.9. The van der Waals surface area contributed by atoms with Gasteiger partial charge in [0.25, 0.3) is 5.91 Å². The van der Waals surface area contributed by atoms with Crippen LogP contribution in [0.25, 0.3) is 0 Å².